The fraction of sp³-hybridized carbons (Fsp3) is 0.286. The van der Waals surface area contributed by atoms with E-state index in [-0.39, 0.29) is 19.0 Å². The highest BCUT2D eigenvalue weighted by atomic mass is 32.2. The van der Waals surface area contributed by atoms with Crippen molar-refractivity contribution in [1.82, 2.24) is 14.5 Å². The van der Waals surface area contributed by atoms with Crippen LogP contribution in [0, 0.1) is 5.82 Å². The third kappa shape index (κ3) is 8.23. The molecular weight excluding hydrogens is 493 g/mol. The molecule has 0 fully saturated rings. The molecule has 0 radical (unpaired) electrons. The van der Waals surface area contributed by atoms with Gasteiger partial charge in [-0.05, 0) is 35.2 Å². The normalized spacial score (nSPS) is 12.2. The summed E-state index contributed by atoms with van der Waals surface area (Å²) in [6, 6.07) is 22.5. The summed E-state index contributed by atoms with van der Waals surface area (Å²) in [5, 5.41) is 2.86. The van der Waals surface area contributed by atoms with Crippen LogP contribution in [0.3, 0.4) is 0 Å². The van der Waals surface area contributed by atoms with E-state index in [1.165, 1.54) is 17.0 Å². The number of halogens is 1. The van der Waals surface area contributed by atoms with E-state index in [2.05, 4.69) is 5.32 Å². The molecule has 0 aliphatic heterocycles. The average Bonchev–Trinajstić information content (AvgIpc) is 2.88. The summed E-state index contributed by atoms with van der Waals surface area (Å²) in [5.41, 5.74) is 1.92. The van der Waals surface area contributed by atoms with Gasteiger partial charge in [-0.2, -0.15) is 4.31 Å². The summed E-state index contributed by atoms with van der Waals surface area (Å²) in [5.74, 6) is -1.35. The summed E-state index contributed by atoms with van der Waals surface area (Å²) in [7, 11) is -3.76. The zero-order valence-electron chi connectivity index (χ0n) is 21.0. The topological polar surface area (TPSA) is 86.8 Å². The molecule has 0 aliphatic carbocycles. The zero-order valence-corrected chi connectivity index (χ0v) is 21.8. The largest absolute Gasteiger partial charge is 0.354 e. The first-order valence-corrected chi connectivity index (χ1v) is 13.9. The Bertz CT molecular complexity index is 1270. The lowest BCUT2D eigenvalue weighted by Crippen LogP contribution is -2.47. The maximum Gasteiger partial charge on any atom is 0.247 e. The van der Waals surface area contributed by atoms with Gasteiger partial charge in [-0.15, -0.1) is 0 Å². The van der Waals surface area contributed by atoms with Gasteiger partial charge in [0.1, 0.15) is 11.9 Å². The van der Waals surface area contributed by atoms with Crippen molar-refractivity contribution in [3.05, 3.63) is 107 Å². The van der Waals surface area contributed by atoms with Crippen LogP contribution in [-0.4, -0.2) is 48.8 Å². The Labute approximate surface area is 218 Å². The molecule has 196 valence electrons. The van der Waals surface area contributed by atoms with Gasteiger partial charge < -0.3 is 10.2 Å². The van der Waals surface area contributed by atoms with E-state index in [4.69, 9.17) is 0 Å². The molecule has 0 saturated heterocycles. The van der Waals surface area contributed by atoms with Gasteiger partial charge in [0.2, 0.25) is 21.8 Å². The number of hydrogen-bond donors (Lipinski definition) is 1. The highest BCUT2D eigenvalue weighted by molar-refractivity contribution is 7.88. The molecule has 0 unspecified atom stereocenters. The van der Waals surface area contributed by atoms with Gasteiger partial charge in [0, 0.05) is 19.6 Å². The molecule has 3 aromatic carbocycles. The first-order chi connectivity index (χ1) is 17.7. The van der Waals surface area contributed by atoms with Crippen LogP contribution in [-0.2, 0) is 32.7 Å². The fourth-order valence-corrected chi connectivity index (χ4v) is 4.61. The molecule has 0 aliphatic rings. The maximum atomic E-state index is 13.8. The number of nitrogens with one attached hydrogen (secondary N) is 1. The molecule has 0 aromatic heterocycles. The van der Waals surface area contributed by atoms with Crippen molar-refractivity contribution in [3.8, 4) is 0 Å². The van der Waals surface area contributed by atoms with Gasteiger partial charge in [-0.3, -0.25) is 9.59 Å². The second-order valence-corrected chi connectivity index (χ2v) is 10.8. The molecular formula is C28H32FN3O4S. The Hall–Kier alpha value is -3.56. The minimum atomic E-state index is -3.76. The number of benzene rings is 3. The van der Waals surface area contributed by atoms with E-state index in [0.29, 0.717) is 24.1 Å². The molecule has 1 atom stereocenters. The number of rotatable bonds is 12. The van der Waals surface area contributed by atoms with E-state index in [1.54, 1.807) is 60.7 Å². The second kappa shape index (κ2) is 13.1. The van der Waals surface area contributed by atoms with Gasteiger partial charge in [-0.25, -0.2) is 12.8 Å². The van der Waals surface area contributed by atoms with Crippen LogP contribution in [0.2, 0.25) is 0 Å². The number of carbonyl (C=O) groups excluding carboxylic acids is 2. The van der Waals surface area contributed by atoms with E-state index in [0.717, 1.165) is 16.1 Å². The van der Waals surface area contributed by atoms with Crippen molar-refractivity contribution in [2.75, 3.05) is 19.3 Å². The molecule has 1 N–H and O–H groups in total. The van der Waals surface area contributed by atoms with Crippen LogP contribution in [0.4, 0.5) is 4.39 Å². The van der Waals surface area contributed by atoms with E-state index >= 15 is 0 Å². The van der Waals surface area contributed by atoms with Crippen LogP contribution in [0.15, 0.2) is 84.9 Å². The monoisotopic (exact) mass is 525 g/mol. The quantitative estimate of drug-likeness (QED) is 0.389. The summed E-state index contributed by atoms with van der Waals surface area (Å²) in [6.07, 6.45) is 1.76. The van der Waals surface area contributed by atoms with Crippen molar-refractivity contribution >= 4 is 21.8 Å². The highest BCUT2D eigenvalue weighted by Crippen LogP contribution is 2.25. The van der Waals surface area contributed by atoms with Crippen LogP contribution in [0.1, 0.15) is 36.1 Å². The lowest BCUT2D eigenvalue weighted by molar-refractivity contribution is -0.141. The standard InChI is InChI=1S/C28H32FN3O4S/c1-3-18-30-28(34)27(24-12-8-5-9-13-24)32(20-23-14-16-25(29)17-15-23)26(33)21-31(37(2,35)36)19-22-10-6-4-7-11-22/h4-17,27H,3,18-21H2,1-2H3,(H,30,34)/t27-/m0/s1. The minimum Gasteiger partial charge on any atom is -0.354 e. The molecule has 3 aromatic rings. The summed E-state index contributed by atoms with van der Waals surface area (Å²) in [4.78, 5) is 28.5. The van der Waals surface area contributed by atoms with Crippen molar-refractivity contribution in [3.63, 3.8) is 0 Å². The van der Waals surface area contributed by atoms with Gasteiger partial charge in [-0.1, -0.05) is 79.7 Å². The molecule has 7 nitrogen and oxygen atoms in total. The molecule has 2 amide bonds. The lowest BCUT2D eigenvalue weighted by Gasteiger charge is -2.33. The second-order valence-electron chi connectivity index (χ2n) is 8.77. The number of sulfonamides is 1. The Kier molecular flexibility index (Phi) is 9.93. The molecule has 0 heterocycles. The predicted molar refractivity (Wildman–Crippen MR) is 141 cm³/mol. The van der Waals surface area contributed by atoms with Gasteiger partial charge in [0.05, 0.1) is 12.8 Å². The van der Waals surface area contributed by atoms with Crippen molar-refractivity contribution in [2.24, 2.45) is 0 Å². The summed E-state index contributed by atoms with van der Waals surface area (Å²) < 4.78 is 39.9. The Morgan fingerprint density at radius 3 is 2.00 bits per heavy atom. The van der Waals surface area contributed by atoms with Crippen LogP contribution < -0.4 is 5.32 Å². The van der Waals surface area contributed by atoms with Gasteiger partial charge in [0.15, 0.2) is 0 Å². The fourth-order valence-electron chi connectivity index (χ4n) is 3.88. The summed E-state index contributed by atoms with van der Waals surface area (Å²) in [6.45, 7) is 1.88. The third-order valence-electron chi connectivity index (χ3n) is 5.79. The zero-order chi connectivity index (χ0) is 26.8. The molecule has 37 heavy (non-hydrogen) atoms. The van der Waals surface area contributed by atoms with Crippen molar-refractivity contribution < 1.29 is 22.4 Å². The minimum absolute atomic E-state index is 0.00777. The average molecular weight is 526 g/mol. The van der Waals surface area contributed by atoms with Crippen molar-refractivity contribution in [1.29, 1.82) is 0 Å². The van der Waals surface area contributed by atoms with E-state index < -0.39 is 34.3 Å². The van der Waals surface area contributed by atoms with Crippen LogP contribution in [0.25, 0.3) is 0 Å². The maximum absolute atomic E-state index is 13.8. The first-order valence-electron chi connectivity index (χ1n) is 12.0. The Balaban J connectivity index is 2.00. The van der Waals surface area contributed by atoms with E-state index in [9.17, 15) is 22.4 Å². The SMILES string of the molecule is CCCNC(=O)[C@H](c1ccccc1)N(Cc1ccc(F)cc1)C(=O)CN(Cc1ccccc1)S(C)(=O)=O. The third-order valence-corrected chi connectivity index (χ3v) is 6.99. The number of hydrogen-bond acceptors (Lipinski definition) is 4. The van der Waals surface area contributed by atoms with Crippen LogP contribution >= 0.6 is 0 Å². The summed E-state index contributed by atoms with van der Waals surface area (Å²) >= 11 is 0. The van der Waals surface area contributed by atoms with Gasteiger partial charge in [0.25, 0.3) is 0 Å². The van der Waals surface area contributed by atoms with Crippen LogP contribution in [0.5, 0.6) is 0 Å². The molecule has 0 saturated carbocycles. The lowest BCUT2D eigenvalue weighted by atomic mass is 10.0. The predicted octanol–water partition coefficient (Wildman–Crippen LogP) is 3.88. The number of nitrogens with zero attached hydrogens (tertiary/aromatic N) is 2. The molecule has 3 rings (SSSR count). The molecule has 0 spiro atoms. The number of amides is 2. The Morgan fingerprint density at radius 1 is 0.865 bits per heavy atom. The van der Waals surface area contributed by atoms with Gasteiger partial charge >= 0.3 is 0 Å². The molecule has 0 bridgehead atoms. The number of carbonyl (C=O) groups is 2. The molecule has 9 heteroatoms. The smallest absolute Gasteiger partial charge is 0.247 e. The van der Waals surface area contributed by atoms with Crippen molar-refractivity contribution in [2.45, 2.75) is 32.5 Å². The Morgan fingerprint density at radius 2 is 1.43 bits per heavy atom. The van der Waals surface area contributed by atoms with E-state index in [1.807, 2.05) is 19.1 Å². The highest BCUT2D eigenvalue weighted by Gasteiger charge is 2.33. The first kappa shape index (κ1) is 28.0.